The lowest BCUT2D eigenvalue weighted by atomic mass is 9.80. The molecule has 0 fully saturated rings. The van der Waals surface area contributed by atoms with Gasteiger partial charge in [0.05, 0.1) is 43.9 Å². The molecular weight excluding hydrogens is 388 g/mol. The number of benzene rings is 2. The van der Waals surface area contributed by atoms with Crippen LogP contribution in [0.3, 0.4) is 0 Å². The minimum atomic E-state index is -0.600. The summed E-state index contributed by atoms with van der Waals surface area (Å²) in [5, 5.41) is 0. The second-order valence-electron chi connectivity index (χ2n) is 7.12. The lowest BCUT2D eigenvalue weighted by molar-refractivity contribution is 0.0547. The van der Waals surface area contributed by atoms with Crippen molar-refractivity contribution in [1.82, 2.24) is 0 Å². The van der Waals surface area contributed by atoms with Gasteiger partial charge in [0.15, 0.2) is 17.3 Å². The molecule has 0 aromatic heterocycles. The maximum atomic E-state index is 13.6. The smallest absolute Gasteiger partial charge is 0.203 e. The molecule has 3 heterocycles. The van der Waals surface area contributed by atoms with Gasteiger partial charge in [0.2, 0.25) is 5.75 Å². The van der Waals surface area contributed by atoms with Gasteiger partial charge in [-0.3, -0.25) is 4.79 Å². The number of carbonyl (C=O) groups excluding carboxylic acids is 1. The van der Waals surface area contributed by atoms with E-state index in [1.54, 1.807) is 24.3 Å². The summed E-state index contributed by atoms with van der Waals surface area (Å²) < 4.78 is 34.4. The first-order chi connectivity index (χ1) is 14.6. The number of carbonyl (C=O) groups is 1. The molecule has 7 nitrogen and oxygen atoms in total. The summed E-state index contributed by atoms with van der Waals surface area (Å²) in [5.74, 6) is 2.75. The second kappa shape index (κ2) is 6.73. The predicted molar refractivity (Wildman–Crippen MR) is 108 cm³/mol. The zero-order valence-corrected chi connectivity index (χ0v) is 16.8. The normalized spacial score (nSPS) is 20.5. The highest BCUT2D eigenvalue weighted by Gasteiger charge is 2.47. The molecule has 0 saturated heterocycles. The fraction of sp³-hybridized carbons (Fsp3) is 0.261. The number of hydrogen-bond donors (Lipinski definition) is 0. The highest BCUT2D eigenvalue weighted by atomic mass is 16.6. The lowest BCUT2D eigenvalue weighted by Crippen LogP contribution is -2.43. The topological polar surface area (TPSA) is 72.5 Å². The number of allylic oxidation sites excluding steroid dienone is 1. The Morgan fingerprint density at radius 2 is 1.83 bits per heavy atom. The van der Waals surface area contributed by atoms with E-state index in [1.807, 2.05) is 6.08 Å². The molecule has 0 aliphatic carbocycles. The number of fused-ring (bicyclic) bond motifs is 6. The first kappa shape index (κ1) is 18.4. The van der Waals surface area contributed by atoms with Crippen molar-refractivity contribution in [2.45, 2.75) is 12.0 Å². The Morgan fingerprint density at radius 3 is 2.57 bits per heavy atom. The van der Waals surface area contributed by atoms with Crippen molar-refractivity contribution in [3.63, 3.8) is 0 Å². The highest BCUT2D eigenvalue weighted by molar-refractivity contribution is 6.07. The van der Waals surface area contributed by atoms with E-state index >= 15 is 0 Å². The van der Waals surface area contributed by atoms with Crippen LogP contribution in [-0.2, 0) is 0 Å². The quantitative estimate of drug-likeness (QED) is 0.766. The average Bonchev–Trinajstić information content (AvgIpc) is 2.76. The summed E-state index contributed by atoms with van der Waals surface area (Å²) in [6.45, 7) is 4.02. The summed E-state index contributed by atoms with van der Waals surface area (Å²) in [6, 6.07) is 5.20. The fourth-order valence-corrected chi connectivity index (χ4v) is 4.25. The van der Waals surface area contributed by atoms with Crippen LogP contribution < -0.4 is 28.4 Å². The van der Waals surface area contributed by atoms with Gasteiger partial charge in [-0.1, -0.05) is 6.58 Å². The Morgan fingerprint density at radius 1 is 1.03 bits per heavy atom. The van der Waals surface area contributed by atoms with Gasteiger partial charge in [0.1, 0.15) is 35.7 Å². The van der Waals surface area contributed by atoms with Crippen LogP contribution in [0.5, 0.6) is 34.5 Å². The number of ether oxygens (including phenoxy) is 6. The number of hydrogen-bond acceptors (Lipinski definition) is 7. The van der Waals surface area contributed by atoms with Crippen molar-refractivity contribution in [1.29, 1.82) is 0 Å². The van der Waals surface area contributed by atoms with Crippen molar-refractivity contribution in [3.8, 4) is 34.5 Å². The zero-order valence-electron chi connectivity index (χ0n) is 16.8. The Hall–Kier alpha value is -3.61. The van der Waals surface area contributed by atoms with Crippen molar-refractivity contribution in [2.75, 3.05) is 27.9 Å². The van der Waals surface area contributed by atoms with Gasteiger partial charge in [-0.15, -0.1) is 0 Å². The van der Waals surface area contributed by atoms with E-state index in [0.29, 0.717) is 51.4 Å². The third-order valence-electron chi connectivity index (χ3n) is 5.57. The largest absolute Gasteiger partial charge is 0.493 e. The molecule has 5 rings (SSSR count). The lowest BCUT2D eigenvalue weighted by Gasteiger charge is -2.38. The van der Waals surface area contributed by atoms with Gasteiger partial charge in [0, 0.05) is 6.07 Å². The first-order valence-electron chi connectivity index (χ1n) is 9.45. The molecule has 2 aromatic carbocycles. The fourth-order valence-electron chi connectivity index (χ4n) is 4.25. The Bertz CT molecular complexity index is 1120. The molecule has 3 aliphatic heterocycles. The predicted octanol–water partition coefficient (Wildman–Crippen LogP) is 3.75. The number of Topliss-reactive ketones (excluding diaryl/α,β-unsaturated/α-hetero) is 1. The second-order valence-corrected chi connectivity index (χ2v) is 7.12. The van der Waals surface area contributed by atoms with Crippen LogP contribution in [0.1, 0.15) is 27.4 Å². The van der Waals surface area contributed by atoms with E-state index in [9.17, 15) is 4.79 Å². The van der Waals surface area contributed by atoms with E-state index in [4.69, 9.17) is 28.4 Å². The molecular formula is C23H20O7. The van der Waals surface area contributed by atoms with Crippen molar-refractivity contribution in [3.05, 3.63) is 53.3 Å². The molecule has 2 atom stereocenters. The van der Waals surface area contributed by atoms with Crippen molar-refractivity contribution < 1.29 is 33.2 Å². The van der Waals surface area contributed by atoms with Gasteiger partial charge in [0.25, 0.3) is 0 Å². The highest BCUT2D eigenvalue weighted by Crippen LogP contribution is 2.54. The molecule has 7 heteroatoms. The standard InChI is InChI=1S/C23H20O7/c1-11-5-6-12-14(29-11)8-7-13-20(24)18-17(30-21(12)13)10-28-15-9-16(25-2)22(26-3)23(27-4)19(15)18/h5-9,17-18H,1,10H2,2-4H3. The molecule has 0 spiro atoms. The minimum absolute atomic E-state index is 0.0723. The van der Waals surface area contributed by atoms with Crippen LogP contribution in [0, 0.1) is 0 Å². The van der Waals surface area contributed by atoms with E-state index in [2.05, 4.69) is 6.58 Å². The van der Waals surface area contributed by atoms with Gasteiger partial charge in [-0.2, -0.15) is 0 Å². The summed E-state index contributed by atoms with van der Waals surface area (Å²) in [4.78, 5) is 13.6. The molecule has 0 saturated carbocycles. The van der Waals surface area contributed by atoms with Gasteiger partial charge in [-0.25, -0.2) is 0 Å². The molecule has 0 bridgehead atoms. The summed E-state index contributed by atoms with van der Waals surface area (Å²) in [7, 11) is 4.58. The van der Waals surface area contributed by atoms with Crippen molar-refractivity contribution >= 4 is 11.9 Å². The van der Waals surface area contributed by atoms with E-state index in [0.717, 1.165) is 5.56 Å². The SMILES string of the molecule is C=C1C=Cc2c(ccc3c2OC2COc4cc(OC)c(OC)c(OC)c4C2C3=O)O1. The molecule has 0 radical (unpaired) electrons. The summed E-state index contributed by atoms with van der Waals surface area (Å²) in [5.41, 5.74) is 1.80. The van der Waals surface area contributed by atoms with Crippen LogP contribution in [0.4, 0.5) is 0 Å². The number of methoxy groups -OCH3 is 3. The van der Waals surface area contributed by atoms with Crippen LogP contribution in [0.2, 0.25) is 0 Å². The Balaban J connectivity index is 1.68. The van der Waals surface area contributed by atoms with Crippen LogP contribution in [0.15, 0.2) is 36.6 Å². The van der Waals surface area contributed by atoms with Gasteiger partial charge < -0.3 is 28.4 Å². The van der Waals surface area contributed by atoms with Crippen LogP contribution in [0.25, 0.3) is 6.08 Å². The van der Waals surface area contributed by atoms with E-state index in [-0.39, 0.29) is 12.4 Å². The maximum absolute atomic E-state index is 13.6. The van der Waals surface area contributed by atoms with Gasteiger partial charge >= 0.3 is 0 Å². The Kier molecular flexibility index (Phi) is 4.13. The molecule has 2 aromatic rings. The van der Waals surface area contributed by atoms with Crippen LogP contribution >= 0.6 is 0 Å². The summed E-state index contributed by atoms with van der Waals surface area (Å²) >= 11 is 0. The van der Waals surface area contributed by atoms with Crippen molar-refractivity contribution in [2.24, 2.45) is 0 Å². The summed E-state index contributed by atoms with van der Waals surface area (Å²) in [6.07, 6.45) is 3.07. The molecule has 0 amide bonds. The monoisotopic (exact) mass is 408 g/mol. The molecule has 154 valence electrons. The first-order valence-corrected chi connectivity index (χ1v) is 9.45. The third-order valence-corrected chi connectivity index (χ3v) is 5.57. The average molecular weight is 408 g/mol. The Labute approximate surface area is 173 Å². The molecule has 3 aliphatic rings. The van der Waals surface area contributed by atoms with E-state index in [1.165, 1.54) is 21.3 Å². The number of rotatable bonds is 3. The van der Waals surface area contributed by atoms with Crippen LogP contribution in [-0.4, -0.2) is 39.8 Å². The third kappa shape index (κ3) is 2.48. The van der Waals surface area contributed by atoms with E-state index < -0.39 is 12.0 Å². The molecule has 2 unspecified atom stereocenters. The van der Waals surface area contributed by atoms with Gasteiger partial charge in [-0.05, 0) is 24.3 Å². The maximum Gasteiger partial charge on any atom is 0.203 e. The molecule has 0 N–H and O–H groups in total. The minimum Gasteiger partial charge on any atom is -0.493 e. The zero-order chi connectivity index (χ0) is 21.0. The molecule has 30 heavy (non-hydrogen) atoms. The number of ketones is 1.